The minimum atomic E-state index is 0.492. The molecule has 0 saturated carbocycles. The first kappa shape index (κ1) is 10.3. The number of nitrogens with zero attached hydrogens (tertiary/aromatic N) is 1. The van der Waals surface area contributed by atoms with Gasteiger partial charge in [0.15, 0.2) is 0 Å². The summed E-state index contributed by atoms with van der Waals surface area (Å²) in [5, 5.41) is 0.706. The maximum atomic E-state index is 5.84. The number of hydrogen-bond donors (Lipinski definition) is 2. The lowest BCUT2D eigenvalue weighted by atomic mass is 10.1. The van der Waals surface area contributed by atoms with E-state index in [0.29, 0.717) is 11.1 Å². The SMILES string of the molecule is CCCc1c(N)cc(N)nc1CBr. The minimum absolute atomic E-state index is 0.492. The van der Waals surface area contributed by atoms with Crippen LogP contribution in [0.4, 0.5) is 11.5 Å². The highest BCUT2D eigenvalue weighted by molar-refractivity contribution is 9.08. The maximum absolute atomic E-state index is 5.84. The van der Waals surface area contributed by atoms with E-state index in [4.69, 9.17) is 11.5 Å². The van der Waals surface area contributed by atoms with Crippen molar-refractivity contribution in [2.45, 2.75) is 25.1 Å². The number of alkyl halides is 1. The number of aromatic nitrogens is 1. The van der Waals surface area contributed by atoms with Gasteiger partial charge in [0.05, 0.1) is 5.69 Å². The van der Waals surface area contributed by atoms with Gasteiger partial charge in [0, 0.05) is 17.1 Å². The normalized spacial score (nSPS) is 10.3. The molecule has 1 rings (SSSR count). The fourth-order valence-corrected chi connectivity index (χ4v) is 1.78. The molecule has 0 aliphatic rings. The van der Waals surface area contributed by atoms with E-state index in [1.807, 2.05) is 0 Å². The Balaban J connectivity index is 3.13. The Morgan fingerprint density at radius 2 is 2.15 bits per heavy atom. The molecular weight excluding hydrogens is 230 g/mol. The van der Waals surface area contributed by atoms with Gasteiger partial charge in [0.25, 0.3) is 0 Å². The lowest BCUT2D eigenvalue weighted by Gasteiger charge is -2.09. The molecule has 1 aromatic rings. The number of nitrogen functional groups attached to an aromatic ring is 2. The van der Waals surface area contributed by atoms with Crippen LogP contribution in [0.15, 0.2) is 6.07 Å². The second-order valence-electron chi connectivity index (χ2n) is 2.95. The fraction of sp³-hybridized carbons (Fsp3) is 0.444. The summed E-state index contributed by atoms with van der Waals surface area (Å²) in [6.45, 7) is 2.12. The van der Waals surface area contributed by atoms with Gasteiger partial charge in [-0.3, -0.25) is 0 Å². The predicted octanol–water partition coefficient (Wildman–Crippen LogP) is 2.09. The third kappa shape index (κ3) is 2.34. The van der Waals surface area contributed by atoms with Gasteiger partial charge in [-0.2, -0.15) is 0 Å². The van der Waals surface area contributed by atoms with E-state index in [9.17, 15) is 0 Å². The van der Waals surface area contributed by atoms with Crippen molar-refractivity contribution in [2.24, 2.45) is 0 Å². The van der Waals surface area contributed by atoms with Crippen molar-refractivity contribution in [3.8, 4) is 0 Å². The summed E-state index contributed by atoms with van der Waals surface area (Å²) < 4.78 is 0. The number of nitrogens with two attached hydrogens (primary N) is 2. The van der Waals surface area contributed by atoms with Gasteiger partial charge in [0.1, 0.15) is 5.82 Å². The molecule has 4 N–H and O–H groups in total. The minimum Gasteiger partial charge on any atom is -0.398 e. The number of rotatable bonds is 3. The van der Waals surface area contributed by atoms with Gasteiger partial charge in [-0.15, -0.1) is 0 Å². The van der Waals surface area contributed by atoms with Crippen LogP contribution in [-0.4, -0.2) is 4.98 Å². The van der Waals surface area contributed by atoms with Crippen LogP contribution in [0.25, 0.3) is 0 Å². The van der Waals surface area contributed by atoms with Crippen molar-refractivity contribution < 1.29 is 0 Å². The number of hydrogen-bond acceptors (Lipinski definition) is 3. The molecule has 0 unspecified atom stereocenters. The van der Waals surface area contributed by atoms with Gasteiger partial charge < -0.3 is 11.5 Å². The number of halogens is 1. The number of anilines is 2. The Bertz CT molecular complexity index is 299. The van der Waals surface area contributed by atoms with Crippen LogP contribution in [0.5, 0.6) is 0 Å². The zero-order chi connectivity index (χ0) is 9.84. The zero-order valence-electron chi connectivity index (χ0n) is 7.68. The van der Waals surface area contributed by atoms with Crippen LogP contribution in [-0.2, 0) is 11.8 Å². The molecule has 1 aromatic heterocycles. The summed E-state index contributed by atoms with van der Waals surface area (Å²) in [7, 11) is 0. The zero-order valence-corrected chi connectivity index (χ0v) is 9.26. The van der Waals surface area contributed by atoms with E-state index >= 15 is 0 Å². The average molecular weight is 244 g/mol. The van der Waals surface area contributed by atoms with Crippen LogP contribution in [0.2, 0.25) is 0 Å². The van der Waals surface area contributed by atoms with E-state index in [2.05, 4.69) is 27.8 Å². The molecule has 0 aromatic carbocycles. The quantitative estimate of drug-likeness (QED) is 0.800. The molecule has 0 aliphatic carbocycles. The standard InChI is InChI=1S/C9H14BrN3/c1-2-3-6-7(11)4-9(12)13-8(6)5-10/h4H,2-3,5H2,1H3,(H4,11,12,13). The molecule has 72 valence electrons. The summed E-state index contributed by atoms with van der Waals surface area (Å²) in [4.78, 5) is 4.22. The molecule has 0 atom stereocenters. The summed E-state index contributed by atoms with van der Waals surface area (Å²) in [5.41, 5.74) is 14.3. The summed E-state index contributed by atoms with van der Waals surface area (Å²) in [6.07, 6.45) is 2.02. The predicted molar refractivity (Wildman–Crippen MR) is 59.7 cm³/mol. The molecular formula is C9H14BrN3. The smallest absolute Gasteiger partial charge is 0.125 e. The Morgan fingerprint density at radius 3 is 2.69 bits per heavy atom. The second-order valence-corrected chi connectivity index (χ2v) is 3.51. The molecule has 3 nitrogen and oxygen atoms in total. The summed E-state index contributed by atoms with van der Waals surface area (Å²) >= 11 is 3.37. The third-order valence-corrected chi connectivity index (χ3v) is 2.42. The van der Waals surface area contributed by atoms with E-state index < -0.39 is 0 Å². The Hall–Kier alpha value is -0.770. The first-order valence-corrected chi connectivity index (χ1v) is 5.40. The highest BCUT2D eigenvalue weighted by atomic mass is 79.9. The largest absolute Gasteiger partial charge is 0.398 e. The van der Waals surface area contributed by atoms with Gasteiger partial charge >= 0.3 is 0 Å². The highest BCUT2D eigenvalue weighted by Crippen LogP contribution is 2.21. The summed E-state index contributed by atoms with van der Waals surface area (Å²) in [6, 6.07) is 1.72. The topological polar surface area (TPSA) is 64.9 Å². The molecule has 4 heteroatoms. The average Bonchev–Trinajstić information content (AvgIpc) is 2.09. The van der Waals surface area contributed by atoms with Crippen molar-refractivity contribution in [1.29, 1.82) is 0 Å². The van der Waals surface area contributed by atoms with Crippen LogP contribution in [0.1, 0.15) is 24.6 Å². The van der Waals surface area contributed by atoms with E-state index in [1.54, 1.807) is 6.07 Å². The van der Waals surface area contributed by atoms with Gasteiger partial charge in [0.2, 0.25) is 0 Å². The molecule has 0 bridgehead atoms. The van der Waals surface area contributed by atoms with E-state index in [0.717, 1.165) is 29.8 Å². The van der Waals surface area contributed by atoms with E-state index in [1.165, 1.54) is 0 Å². The van der Waals surface area contributed by atoms with Crippen LogP contribution < -0.4 is 11.5 Å². The van der Waals surface area contributed by atoms with Crippen molar-refractivity contribution >= 4 is 27.4 Å². The third-order valence-electron chi connectivity index (χ3n) is 1.89. The highest BCUT2D eigenvalue weighted by Gasteiger charge is 2.07. The monoisotopic (exact) mass is 243 g/mol. The molecule has 0 aliphatic heterocycles. The van der Waals surface area contributed by atoms with Crippen molar-refractivity contribution in [3.63, 3.8) is 0 Å². The molecule has 1 heterocycles. The fourth-order valence-electron chi connectivity index (χ4n) is 1.32. The molecule has 0 amide bonds. The molecule has 0 spiro atoms. The molecule has 13 heavy (non-hydrogen) atoms. The van der Waals surface area contributed by atoms with Crippen LogP contribution in [0, 0.1) is 0 Å². The van der Waals surface area contributed by atoms with Crippen molar-refractivity contribution in [1.82, 2.24) is 4.98 Å². The maximum Gasteiger partial charge on any atom is 0.125 e. The molecule has 0 radical (unpaired) electrons. The first-order chi connectivity index (χ1) is 6.19. The van der Waals surface area contributed by atoms with Crippen molar-refractivity contribution in [3.05, 3.63) is 17.3 Å². The van der Waals surface area contributed by atoms with Gasteiger partial charge in [-0.1, -0.05) is 29.3 Å². The first-order valence-electron chi connectivity index (χ1n) is 4.28. The second kappa shape index (κ2) is 4.46. The Labute approximate surface area is 86.7 Å². The van der Waals surface area contributed by atoms with Gasteiger partial charge in [-0.05, 0) is 12.0 Å². The Morgan fingerprint density at radius 1 is 1.46 bits per heavy atom. The lowest BCUT2D eigenvalue weighted by Crippen LogP contribution is -2.04. The lowest BCUT2D eigenvalue weighted by molar-refractivity contribution is 0.901. The van der Waals surface area contributed by atoms with Crippen LogP contribution >= 0.6 is 15.9 Å². The van der Waals surface area contributed by atoms with Gasteiger partial charge in [-0.25, -0.2) is 4.98 Å². The summed E-state index contributed by atoms with van der Waals surface area (Å²) in [5.74, 6) is 0.492. The molecule has 0 saturated heterocycles. The van der Waals surface area contributed by atoms with Crippen LogP contribution in [0.3, 0.4) is 0 Å². The molecule has 0 fully saturated rings. The van der Waals surface area contributed by atoms with Crippen molar-refractivity contribution in [2.75, 3.05) is 11.5 Å². The number of pyridine rings is 1. The van der Waals surface area contributed by atoms with E-state index in [-0.39, 0.29) is 0 Å². The Kier molecular flexibility index (Phi) is 3.54.